The summed E-state index contributed by atoms with van der Waals surface area (Å²) in [5.74, 6) is 0.476. The Labute approximate surface area is 114 Å². The largest absolute Gasteiger partial charge is 0.426 e. The van der Waals surface area contributed by atoms with E-state index in [0.29, 0.717) is 12.2 Å². The number of carbonyl (C=O) groups is 1. The summed E-state index contributed by atoms with van der Waals surface area (Å²) in [6, 6.07) is 13.7. The molecule has 0 saturated heterocycles. The zero-order chi connectivity index (χ0) is 13.8. The molecule has 0 N–H and O–H groups in total. The lowest BCUT2D eigenvalue weighted by Gasteiger charge is -2.12. The van der Waals surface area contributed by atoms with E-state index in [1.54, 1.807) is 0 Å². The van der Waals surface area contributed by atoms with Crippen LogP contribution in [0.5, 0.6) is 5.75 Å². The molecule has 0 aliphatic heterocycles. The minimum absolute atomic E-state index is 0.219. The molecule has 2 nitrogen and oxygen atoms in total. The van der Waals surface area contributed by atoms with Crippen LogP contribution in [0.2, 0.25) is 0 Å². The molecular weight excluding hydrogens is 236 g/mol. The smallest absolute Gasteiger partial charge is 0.315 e. The number of carbonyl (C=O) groups excluding carboxylic acids is 1. The lowest BCUT2D eigenvalue weighted by atomic mass is 10.1. The lowest BCUT2D eigenvalue weighted by molar-refractivity contribution is -0.133. The van der Waals surface area contributed by atoms with Gasteiger partial charge >= 0.3 is 5.97 Å². The van der Waals surface area contributed by atoms with E-state index in [0.717, 1.165) is 22.3 Å². The Morgan fingerprint density at radius 2 is 1.58 bits per heavy atom. The third-order valence-corrected chi connectivity index (χ3v) is 3.28. The fourth-order valence-corrected chi connectivity index (χ4v) is 2.00. The minimum Gasteiger partial charge on any atom is -0.426 e. The lowest BCUT2D eigenvalue weighted by Crippen LogP contribution is -2.13. The van der Waals surface area contributed by atoms with Crippen molar-refractivity contribution in [1.29, 1.82) is 0 Å². The van der Waals surface area contributed by atoms with Gasteiger partial charge < -0.3 is 4.74 Å². The maximum atomic E-state index is 12.0. The number of esters is 1. The van der Waals surface area contributed by atoms with Crippen molar-refractivity contribution in [3.05, 3.63) is 64.7 Å². The number of ether oxygens (including phenoxy) is 1. The first kappa shape index (κ1) is 13.3. The Morgan fingerprint density at radius 1 is 0.947 bits per heavy atom. The fraction of sp³-hybridized carbons (Fsp3) is 0.235. The van der Waals surface area contributed by atoms with Gasteiger partial charge in [-0.3, -0.25) is 4.79 Å². The van der Waals surface area contributed by atoms with E-state index in [1.165, 1.54) is 0 Å². The Morgan fingerprint density at radius 3 is 2.26 bits per heavy atom. The van der Waals surface area contributed by atoms with Gasteiger partial charge in [-0.1, -0.05) is 42.5 Å². The van der Waals surface area contributed by atoms with Crippen LogP contribution in [0.25, 0.3) is 0 Å². The second kappa shape index (κ2) is 5.70. The zero-order valence-electron chi connectivity index (χ0n) is 11.6. The number of hydrogen-bond donors (Lipinski definition) is 0. The van der Waals surface area contributed by atoms with Crippen molar-refractivity contribution in [2.45, 2.75) is 27.2 Å². The first-order valence-electron chi connectivity index (χ1n) is 6.39. The van der Waals surface area contributed by atoms with Crippen LogP contribution in [-0.4, -0.2) is 5.97 Å². The number of rotatable bonds is 3. The maximum Gasteiger partial charge on any atom is 0.315 e. The predicted molar refractivity (Wildman–Crippen MR) is 76.4 cm³/mol. The summed E-state index contributed by atoms with van der Waals surface area (Å²) >= 11 is 0. The summed E-state index contributed by atoms with van der Waals surface area (Å²) in [5.41, 5.74) is 4.12. The van der Waals surface area contributed by atoms with Crippen molar-refractivity contribution in [2.24, 2.45) is 0 Å². The molecule has 0 bridgehead atoms. The van der Waals surface area contributed by atoms with Crippen LogP contribution in [0.3, 0.4) is 0 Å². The van der Waals surface area contributed by atoms with Crippen LogP contribution in [0.15, 0.2) is 42.5 Å². The van der Waals surface area contributed by atoms with Crippen molar-refractivity contribution in [1.82, 2.24) is 0 Å². The van der Waals surface area contributed by atoms with E-state index in [4.69, 9.17) is 4.74 Å². The summed E-state index contributed by atoms with van der Waals surface area (Å²) in [6.07, 6.45) is 0.299. The number of hydrogen-bond acceptors (Lipinski definition) is 2. The Bertz CT molecular complexity index is 586. The molecule has 0 unspecified atom stereocenters. The molecule has 0 aliphatic carbocycles. The van der Waals surface area contributed by atoms with E-state index in [1.807, 2.05) is 63.2 Å². The summed E-state index contributed by atoms with van der Waals surface area (Å²) < 4.78 is 5.52. The van der Waals surface area contributed by atoms with Crippen LogP contribution in [0, 0.1) is 20.8 Å². The van der Waals surface area contributed by atoms with E-state index >= 15 is 0 Å². The molecule has 0 radical (unpaired) electrons. The Hall–Kier alpha value is -2.09. The molecule has 2 aromatic carbocycles. The molecule has 0 aliphatic rings. The molecule has 2 heteroatoms. The third-order valence-electron chi connectivity index (χ3n) is 3.28. The Balaban J connectivity index is 2.14. The highest BCUT2D eigenvalue weighted by atomic mass is 16.5. The summed E-state index contributed by atoms with van der Waals surface area (Å²) in [4.78, 5) is 12.0. The standard InChI is InChI=1S/C17H18O2/c1-12-9-10-13(2)17(14(12)3)19-16(18)11-15-7-5-4-6-8-15/h4-10H,11H2,1-3H3. The van der Waals surface area contributed by atoms with Gasteiger partial charge in [0.2, 0.25) is 0 Å². The minimum atomic E-state index is -0.219. The van der Waals surface area contributed by atoms with Crippen molar-refractivity contribution in [3.8, 4) is 5.75 Å². The van der Waals surface area contributed by atoms with Gasteiger partial charge in [0.15, 0.2) is 0 Å². The molecule has 0 atom stereocenters. The summed E-state index contributed by atoms with van der Waals surface area (Å²) in [6.45, 7) is 5.95. The van der Waals surface area contributed by atoms with Crippen molar-refractivity contribution < 1.29 is 9.53 Å². The van der Waals surface area contributed by atoms with Crippen LogP contribution in [0.1, 0.15) is 22.3 Å². The average Bonchev–Trinajstić information content (AvgIpc) is 2.40. The number of aryl methyl sites for hydroxylation is 2. The maximum absolute atomic E-state index is 12.0. The van der Waals surface area contributed by atoms with Crippen LogP contribution in [0.4, 0.5) is 0 Å². The highest BCUT2D eigenvalue weighted by Gasteiger charge is 2.11. The zero-order valence-corrected chi connectivity index (χ0v) is 11.6. The van der Waals surface area contributed by atoms with Crippen molar-refractivity contribution in [3.63, 3.8) is 0 Å². The summed E-state index contributed by atoms with van der Waals surface area (Å²) in [7, 11) is 0. The highest BCUT2D eigenvalue weighted by Crippen LogP contribution is 2.26. The van der Waals surface area contributed by atoms with Crippen molar-refractivity contribution >= 4 is 5.97 Å². The fourth-order valence-electron chi connectivity index (χ4n) is 2.00. The van der Waals surface area contributed by atoms with Gasteiger partial charge in [-0.15, -0.1) is 0 Å². The third kappa shape index (κ3) is 3.22. The predicted octanol–water partition coefficient (Wildman–Crippen LogP) is 3.76. The van der Waals surface area contributed by atoms with Gasteiger partial charge in [-0.2, -0.15) is 0 Å². The SMILES string of the molecule is Cc1ccc(C)c(OC(=O)Cc2ccccc2)c1C. The van der Waals surface area contributed by atoms with Crippen LogP contribution < -0.4 is 4.74 Å². The highest BCUT2D eigenvalue weighted by molar-refractivity contribution is 5.76. The van der Waals surface area contributed by atoms with Gasteiger partial charge in [0.05, 0.1) is 6.42 Å². The molecule has 0 saturated carbocycles. The van der Waals surface area contributed by atoms with Gasteiger partial charge in [0.1, 0.15) is 5.75 Å². The second-order valence-corrected chi connectivity index (χ2v) is 4.79. The van der Waals surface area contributed by atoms with E-state index in [-0.39, 0.29) is 5.97 Å². The number of benzene rings is 2. The van der Waals surface area contributed by atoms with E-state index in [2.05, 4.69) is 0 Å². The van der Waals surface area contributed by atoms with Gasteiger partial charge in [0.25, 0.3) is 0 Å². The van der Waals surface area contributed by atoms with Crippen LogP contribution in [-0.2, 0) is 11.2 Å². The van der Waals surface area contributed by atoms with E-state index < -0.39 is 0 Å². The first-order chi connectivity index (χ1) is 9.08. The molecule has 0 aromatic heterocycles. The van der Waals surface area contributed by atoms with Crippen molar-refractivity contribution in [2.75, 3.05) is 0 Å². The van der Waals surface area contributed by atoms with Crippen LogP contribution >= 0.6 is 0 Å². The second-order valence-electron chi connectivity index (χ2n) is 4.79. The molecule has 98 valence electrons. The van der Waals surface area contributed by atoms with Gasteiger partial charge in [-0.05, 0) is 43.0 Å². The quantitative estimate of drug-likeness (QED) is 0.616. The average molecular weight is 254 g/mol. The van der Waals surface area contributed by atoms with Gasteiger partial charge in [-0.25, -0.2) is 0 Å². The summed E-state index contributed by atoms with van der Waals surface area (Å²) in [5, 5.41) is 0. The molecule has 19 heavy (non-hydrogen) atoms. The molecule has 2 aromatic rings. The molecule has 0 fully saturated rings. The molecule has 0 heterocycles. The molecule has 2 rings (SSSR count). The van der Waals surface area contributed by atoms with E-state index in [9.17, 15) is 4.79 Å². The Kier molecular flexibility index (Phi) is 4.00. The molecule has 0 spiro atoms. The van der Waals surface area contributed by atoms with Gasteiger partial charge in [0, 0.05) is 0 Å². The normalized spacial score (nSPS) is 10.3. The first-order valence-corrected chi connectivity index (χ1v) is 6.39. The topological polar surface area (TPSA) is 26.3 Å². The molecular formula is C17H18O2. The monoisotopic (exact) mass is 254 g/mol. The molecule has 0 amide bonds.